The molecule has 0 saturated heterocycles. The van der Waals surface area contributed by atoms with Gasteiger partial charge in [0.15, 0.2) is 0 Å². The molecule has 1 atom stereocenters. The van der Waals surface area contributed by atoms with Crippen LogP contribution in [0.25, 0.3) is 0 Å². The van der Waals surface area contributed by atoms with Gasteiger partial charge in [-0.1, -0.05) is 17.7 Å². The topological polar surface area (TPSA) is 38.0 Å². The Morgan fingerprint density at radius 3 is 2.61 bits per heavy atom. The zero-order valence-electron chi connectivity index (χ0n) is 10.5. The van der Waals surface area contributed by atoms with Crippen LogP contribution in [0.4, 0.5) is 5.69 Å². The van der Waals surface area contributed by atoms with Crippen molar-refractivity contribution in [1.82, 2.24) is 0 Å². The molecule has 96 valence electrons. The first-order valence-electron chi connectivity index (χ1n) is 5.89. The van der Waals surface area contributed by atoms with Crippen molar-refractivity contribution in [3.63, 3.8) is 0 Å². The van der Waals surface area contributed by atoms with Gasteiger partial charge < -0.3 is 11.1 Å². The maximum atomic E-state index is 6.12. The molecule has 1 aromatic carbocycles. The van der Waals surface area contributed by atoms with Gasteiger partial charge in [0.2, 0.25) is 0 Å². The predicted molar refractivity (Wildman–Crippen MR) is 80.7 cm³/mol. The molecule has 1 unspecified atom stereocenters. The zero-order chi connectivity index (χ0) is 13.1. The van der Waals surface area contributed by atoms with E-state index >= 15 is 0 Å². The highest BCUT2D eigenvalue weighted by atomic mass is 35.5. The molecule has 0 bridgehead atoms. The van der Waals surface area contributed by atoms with Crippen LogP contribution < -0.4 is 11.1 Å². The number of rotatable bonds is 4. The molecule has 0 saturated carbocycles. The average Bonchev–Trinajstić information content (AvgIpc) is 2.77. The van der Waals surface area contributed by atoms with Crippen LogP contribution in [0.2, 0.25) is 5.02 Å². The van der Waals surface area contributed by atoms with Gasteiger partial charge in [0.05, 0.1) is 6.04 Å². The fraction of sp³-hybridized carbons (Fsp3) is 0.286. The highest BCUT2D eigenvalue weighted by molar-refractivity contribution is 7.12. The molecule has 2 nitrogen and oxygen atoms in total. The number of anilines is 1. The molecule has 3 N–H and O–H groups in total. The van der Waals surface area contributed by atoms with E-state index in [2.05, 4.69) is 24.4 Å². The van der Waals surface area contributed by atoms with Crippen molar-refractivity contribution >= 4 is 28.6 Å². The number of nitrogens with one attached hydrogen (secondary N) is 1. The van der Waals surface area contributed by atoms with Gasteiger partial charge in [-0.3, -0.25) is 0 Å². The third-order valence-corrected chi connectivity index (χ3v) is 4.37. The minimum atomic E-state index is 0.141. The smallest absolute Gasteiger partial charge is 0.0728 e. The van der Waals surface area contributed by atoms with E-state index in [0.717, 1.165) is 16.3 Å². The fourth-order valence-corrected chi connectivity index (χ4v) is 2.89. The SMILES string of the molecule is Cc1ccc(C(CN)Nc2ccc(C)c(Cl)c2)s1. The molecule has 0 amide bonds. The van der Waals surface area contributed by atoms with Crippen LogP contribution >= 0.6 is 22.9 Å². The third kappa shape index (κ3) is 3.05. The summed E-state index contributed by atoms with van der Waals surface area (Å²) in [5.74, 6) is 0. The van der Waals surface area contributed by atoms with Gasteiger partial charge in [-0.05, 0) is 43.7 Å². The Labute approximate surface area is 117 Å². The number of thiophene rings is 1. The minimum absolute atomic E-state index is 0.141. The molecule has 0 aliphatic heterocycles. The first kappa shape index (κ1) is 13.4. The van der Waals surface area contributed by atoms with Crippen LogP contribution in [0.5, 0.6) is 0 Å². The van der Waals surface area contributed by atoms with E-state index in [1.54, 1.807) is 11.3 Å². The molecule has 0 radical (unpaired) electrons. The van der Waals surface area contributed by atoms with Crippen molar-refractivity contribution in [2.45, 2.75) is 19.9 Å². The first-order valence-corrected chi connectivity index (χ1v) is 7.08. The molecule has 2 aromatic rings. The normalized spacial score (nSPS) is 12.4. The Hall–Kier alpha value is -1.03. The van der Waals surface area contributed by atoms with Gasteiger partial charge in [0.25, 0.3) is 0 Å². The summed E-state index contributed by atoms with van der Waals surface area (Å²) in [7, 11) is 0. The number of hydrogen-bond donors (Lipinski definition) is 2. The van der Waals surface area contributed by atoms with E-state index in [1.165, 1.54) is 9.75 Å². The molecular weight excluding hydrogens is 264 g/mol. The molecule has 0 aliphatic rings. The largest absolute Gasteiger partial charge is 0.376 e. The van der Waals surface area contributed by atoms with Gasteiger partial charge in [-0.2, -0.15) is 0 Å². The van der Waals surface area contributed by atoms with E-state index in [-0.39, 0.29) is 6.04 Å². The highest BCUT2D eigenvalue weighted by Gasteiger charge is 2.11. The van der Waals surface area contributed by atoms with E-state index in [1.807, 2.05) is 25.1 Å². The lowest BCUT2D eigenvalue weighted by atomic mass is 10.2. The Kier molecular flexibility index (Phi) is 4.27. The molecule has 0 spiro atoms. The van der Waals surface area contributed by atoms with Crippen LogP contribution in [0.1, 0.15) is 21.4 Å². The lowest BCUT2D eigenvalue weighted by molar-refractivity contribution is 0.806. The number of nitrogens with two attached hydrogens (primary N) is 1. The lowest BCUT2D eigenvalue weighted by Crippen LogP contribution is -2.19. The molecule has 2 rings (SSSR count). The monoisotopic (exact) mass is 280 g/mol. The second-order valence-corrected chi connectivity index (χ2v) is 6.07. The summed E-state index contributed by atoms with van der Waals surface area (Å²) in [5, 5.41) is 4.20. The summed E-state index contributed by atoms with van der Waals surface area (Å²) < 4.78 is 0. The molecule has 0 fully saturated rings. The Balaban J connectivity index is 2.17. The second-order valence-electron chi connectivity index (χ2n) is 4.35. The van der Waals surface area contributed by atoms with Crippen molar-refractivity contribution in [3.05, 3.63) is 50.7 Å². The van der Waals surface area contributed by atoms with Crippen molar-refractivity contribution < 1.29 is 0 Å². The number of halogens is 1. The Morgan fingerprint density at radius 2 is 2.06 bits per heavy atom. The summed E-state index contributed by atoms with van der Waals surface area (Å²) >= 11 is 7.89. The van der Waals surface area contributed by atoms with Crippen molar-refractivity contribution in [2.24, 2.45) is 5.73 Å². The van der Waals surface area contributed by atoms with Crippen molar-refractivity contribution in [3.8, 4) is 0 Å². The van der Waals surface area contributed by atoms with Crippen molar-refractivity contribution in [2.75, 3.05) is 11.9 Å². The second kappa shape index (κ2) is 5.74. The van der Waals surface area contributed by atoms with Crippen LogP contribution in [0, 0.1) is 13.8 Å². The number of benzene rings is 1. The van der Waals surface area contributed by atoms with Crippen LogP contribution in [0.3, 0.4) is 0 Å². The van der Waals surface area contributed by atoms with E-state index in [0.29, 0.717) is 6.54 Å². The standard InChI is InChI=1S/C14H17ClN2S/c1-9-3-5-11(7-12(9)15)17-13(8-16)14-6-4-10(2)18-14/h3-7,13,17H,8,16H2,1-2H3. The highest BCUT2D eigenvalue weighted by Crippen LogP contribution is 2.27. The number of hydrogen-bond acceptors (Lipinski definition) is 3. The van der Waals surface area contributed by atoms with E-state index < -0.39 is 0 Å². The van der Waals surface area contributed by atoms with Gasteiger partial charge in [0.1, 0.15) is 0 Å². The minimum Gasteiger partial charge on any atom is -0.376 e. The molecular formula is C14H17ClN2S. The maximum absolute atomic E-state index is 6.12. The van der Waals surface area contributed by atoms with Gasteiger partial charge in [-0.15, -0.1) is 11.3 Å². The predicted octanol–water partition coefficient (Wildman–Crippen LogP) is 4.13. The summed E-state index contributed by atoms with van der Waals surface area (Å²) in [4.78, 5) is 2.55. The van der Waals surface area contributed by atoms with E-state index in [9.17, 15) is 0 Å². The van der Waals surface area contributed by atoms with Crippen LogP contribution in [-0.4, -0.2) is 6.54 Å². The third-order valence-electron chi connectivity index (χ3n) is 2.85. The van der Waals surface area contributed by atoms with Crippen molar-refractivity contribution in [1.29, 1.82) is 0 Å². The van der Waals surface area contributed by atoms with Crippen LogP contribution in [0.15, 0.2) is 30.3 Å². The summed E-state index contributed by atoms with van der Waals surface area (Å²) in [5.41, 5.74) is 7.93. The molecule has 18 heavy (non-hydrogen) atoms. The van der Waals surface area contributed by atoms with Gasteiger partial charge in [0, 0.05) is 27.0 Å². The quantitative estimate of drug-likeness (QED) is 0.884. The fourth-order valence-electron chi connectivity index (χ4n) is 1.77. The Morgan fingerprint density at radius 1 is 1.28 bits per heavy atom. The first-order chi connectivity index (χ1) is 8.60. The lowest BCUT2D eigenvalue weighted by Gasteiger charge is -2.17. The molecule has 0 aliphatic carbocycles. The zero-order valence-corrected chi connectivity index (χ0v) is 12.1. The maximum Gasteiger partial charge on any atom is 0.0728 e. The molecule has 1 heterocycles. The summed E-state index contributed by atoms with van der Waals surface area (Å²) in [6.45, 7) is 4.66. The van der Waals surface area contributed by atoms with Gasteiger partial charge >= 0.3 is 0 Å². The molecule has 1 aromatic heterocycles. The van der Waals surface area contributed by atoms with Gasteiger partial charge in [-0.25, -0.2) is 0 Å². The van der Waals surface area contributed by atoms with E-state index in [4.69, 9.17) is 17.3 Å². The average molecular weight is 281 g/mol. The molecule has 4 heteroatoms. The number of aryl methyl sites for hydroxylation is 2. The Bertz CT molecular complexity index is 536. The van der Waals surface area contributed by atoms with Crippen LogP contribution in [-0.2, 0) is 0 Å². The summed E-state index contributed by atoms with van der Waals surface area (Å²) in [6.07, 6.45) is 0. The summed E-state index contributed by atoms with van der Waals surface area (Å²) in [6, 6.07) is 10.4.